The van der Waals surface area contributed by atoms with Crippen LogP contribution in [0.3, 0.4) is 0 Å². The molecule has 0 saturated heterocycles. The van der Waals surface area contributed by atoms with Crippen LogP contribution in [-0.4, -0.2) is 11.6 Å². The molecule has 196 valence electrons. The van der Waals surface area contributed by atoms with Gasteiger partial charge in [-0.2, -0.15) is 0 Å². The summed E-state index contributed by atoms with van der Waals surface area (Å²) in [6.45, 7) is 4.50. The number of nitrogens with one attached hydrogen (secondary N) is 1. The lowest BCUT2D eigenvalue weighted by Crippen LogP contribution is -2.25. The van der Waals surface area contributed by atoms with Gasteiger partial charge in [0, 0.05) is 10.7 Å². The Morgan fingerprint density at radius 2 is 1.76 bits per heavy atom. The predicted molar refractivity (Wildman–Crippen MR) is 156 cm³/mol. The number of alkyl halides is 1. The Bertz CT molecular complexity index is 1410. The highest BCUT2D eigenvalue weighted by molar-refractivity contribution is 6.30. The molecule has 0 radical (unpaired) electrons. The fourth-order valence-electron chi connectivity index (χ4n) is 5.82. The molecular weight excluding hydrogens is 493 g/mol. The van der Waals surface area contributed by atoms with E-state index in [-0.39, 0.29) is 0 Å². The van der Waals surface area contributed by atoms with E-state index in [0.717, 1.165) is 30.7 Å². The van der Waals surface area contributed by atoms with Gasteiger partial charge in [0.2, 0.25) is 0 Å². The molecule has 2 saturated carbocycles. The van der Waals surface area contributed by atoms with Gasteiger partial charge in [0.05, 0.1) is 0 Å². The van der Waals surface area contributed by atoms with Crippen LogP contribution in [-0.2, 0) is 11.2 Å². The van der Waals surface area contributed by atoms with Gasteiger partial charge < -0.3 is 5.32 Å². The van der Waals surface area contributed by atoms with Crippen molar-refractivity contribution in [3.63, 3.8) is 0 Å². The molecule has 1 amide bonds. The van der Waals surface area contributed by atoms with E-state index in [1.54, 1.807) is 0 Å². The normalized spacial score (nSPS) is 18.9. The van der Waals surface area contributed by atoms with Crippen molar-refractivity contribution in [2.75, 3.05) is 5.32 Å². The van der Waals surface area contributed by atoms with Crippen LogP contribution < -0.4 is 5.32 Å². The second-order valence-electron chi connectivity index (χ2n) is 11.4. The molecule has 3 aromatic rings. The van der Waals surface area contributed by atoms with Crippen LogP contribution in [0.1, 0.15) is 104 Å². The zero-order valence-electron chi connectivity index (χ0n) is 22.2. The van der Waals surface area contributed by atoms with E-state index in [9.17, 15) is 9.18 Å². The van der Waals surface area contributed by atoms with Crippen LogP contribution in [0.25, 0.3) is 11.1 Å². The quantitative estimate of drug-likeness (QED) is 0.325. The topological polar surface area (TPSA) is 29.1 Å². The third kappa shape index (κ3) is 4.94. The molecular formula is C34H35ClFNO. The number of fused-ring (bicyclic) bond motifs is 1. The first-order chi connectivity index (χ1) is 18.4. The van der Waals surface area contributed by atoms with Crippen LogP contribution in [0.4, 0.5) is 10.1 Å². The molecule has 0 aromatic heterocycles. The Kier molecular flexibility index (Phi) is 6.68. The molecule has 2 nitrogen and oxygen atoms in total. The lowest BCUT2D eigenvalue weighted by molar-refractivity contribution is -0.122. The second-order valence-corrected chi connectivity index (χ2v) is 11.9. The van der Waals surface area contributed by atoms with Crippen LogP contribution in [0.2, 0.25) is 5.02 Å². The zero-order chi connectivity index (χ0) is 26.4. The van der Waals surface area contributed by atoms with Crippen LogP contribution in [0.15, 0.2) is 60.7 Å². The van der Waals surface area contributed by atoms with E-state index in [4.69, 9.17) is 11.6 Å². The summed E-state index contributed by atoms with van der Waals surface area (Å²) in [4.78, 5) is 12.4. The van der Waals surface area contributed by atoms with Crippen molar-refractivity contribution in [3.8, 4) is 0 Å². The number of benzene rings is 3. The van der Waals surface area contributed by atoms with E-state index < -0.39 is 11.6 Å². The summed E-state index contributed by atoms with van der Waals surface area (Å²) in [5.74, 6) is 0.589. The largest absolute Gasteiger partial charge is 0.323 e. The highest BCUT2D eigenvalue weighted by atomic mass is 35.5. The molecule has 38 heavy (non-hydrogen) atoms. The first-order valence-corrected chi connectivity index (χ1v) is 14.5. The number of carbonyl (C=O) groups excluding carboxylic acids is 1. The summed E-state index contributed by atoms with van der Waals surface area (Å²) in [5.41, 5.74) is 9.22. The first kappa shape index (κ1) is 25.4. The molecule has 0 heterocycles. The number of allylic oxidation sites excluding steroid dienone is 1. The minimum absolute atomic E-state index is 0.316. The average molecular weight is 528 g/mol. The van der Waals surface area contributed by atoms with Crippen molar-refractivity contribution in [1.29, 1.82) is 0 Å². The standard InChI is InChI=1S/C34H35ClFNO/c1-3-21(2)31-20-26(35)13-15-29(31)30-6-4-5-25-19-27(37-33(38)34(36)17-18-34)14-16-28(25)32(30)24-11-9-23(10-12-24)22-7-8-22/h9-16,19-22H,3-8,17-18H2,1-2H3,(H,37,38). The number of rotatable bonds is 7. The Labute approximate surface area is 230 Å². The Morgan fingerprint density at radius 3 is 2.45 bits per heavy atom. The molecule has 1 unspecified atom stereocenters. The lowest BCUT2D eigenvalue weighted by atomic mass is 9.83. The molecule has 4 heteroatoms. The van der Waals surface area contributed by atoms with Gasteiger partial charge >= 0.3 is 0 Å². The summed E-state index contributed by atoms with van der Waals surface area (Å²) in [5, 5.41) is 3.61. The average Bonchev–Trinajstić information content (AvgIpc) is 3.84. The van der Waals surface area contributed by atoms with E-state index in [1.807, 2.05) is 12.1 Å². The van der Waals surface area contributed by atoms with Gasteiger partial charge in [0.1, 0.15) is 0 Å². The van der Waals surface area contributed by atoms with Gasteiger partial charge in [-0.05, 0) is 132 Å². The van der Waals surface area contributed by atoms with Crippen molar-refractivity contribution >= 4 is 34.3 Å². The highest BCUT2D eigenvalue weighted by Crippen LogP contribution is 2.45. The number of hydrogen-bond donors (Lipinski definition) is 1. The fraction of sp³-hybridized carbons (Fsp3) is 0.382. The maximum absolute atomic E-state index is 14.3. The van der Waals surface area contributed by atoms with Gasteiger partial charge in [-0.1, -0.05) is 61.8 Å². The molecule has 0 aliphatic heterocycles. The molecule has 3 aliphatic carbocycles. The highest BCUT2D eigenvalue weighted by Gasteiger charge is 2.50. The Morgan fingerprint density at radius 1 is 1.03 bits per heavy atom. The number of amides is 1. The molecule has 2 fully saturated rings. The summed E-state index contributed by atoms with van der Waals surface area (Å²) in [6, 6.07) is 21.6. The third-order valence-corrected chi connectivity index (χ3v) is 8.87. The minimum Gasteiger partial charge on any atom is -0.323 e. The maximum atomic E-state index is 14.3. The summed E-state index contributed by atoms with van der Waals surface area (Å²) in [6.07, 6.45) is 7.10. The Hall–Kier alpha value is -2.91. The van der Waals surface area contributed by atoms with Crippen LogP contribution in [0, 0.1) is 0 Å². The SMILES string of the molecule is CCC(C)c1cc(Cl)ccc1C1=C(c2ccc(C3CC3)cc2)c2ccc(NC(=O)C3(F)CC3)cc2CCC1. The van der Waals surface area contributed by atoms with Gasteiger partial charge in [0.25, 0.3) is 5.91 Å². The van der Waals surface area contributed by atoms with Crippen molar-refractivity contribution < 1.29 is 9.18 Å². The third-order valence-electron chi connectivity index (χ3n) is 8.63. The monoisotopic (exact) mass is 527 g/mol. The number of hydrogen-bond acceptors (Lipinski definition) is 1. The molecule has 1 atom stereocenters. The van der Waals surface area contributed by atoms with Crippen LogP contribution in [0.5, 0.6) is 0 Å². The molecule has 3 aliphatic rings. The molecule has 3 aromatic carbocycles. The maximum Gasteiger partial charge on any atom is 0.262 e. The molecule has 1 N–H and O–H groups in total. The van der Waals surface area contributed by atoms with Crippen molar-refractivity contribution in [3.05, 3.63) is 99.1 Å². The zero-order valence-corrected chi connectivity index (χ0v) is 23.0. The number of aryl methyl sites for hydroxylation is 1. The van der Waals surface area contributed by atoms with Crippen LogP contribution >= 0.6 is 11.6 Å². The van der Waals surface area contributed by atoms with Gasteiger partial charge in [-0.25, -0.2) is 4.39 Å². The predicted octanol–water partition coefficient (Wildman–Crippen LogP) is 9.47. The smallest absolute Gasteiger partial charge is 0.262 e. The number of halogens is 2. The Balaban J connectivity index is 1.50. The van der Waals surface area contributed by atoms with Crippen molar-refractivity contribution in [2.45, 2.75) is 82.7 Å². The van der Waals surface area contributed by atoms with Crippen molar-refractivity contribution in [1.82, 2.24) is 0 Å². The van der Waals surface area contributed by atoms with Gasteiger partial charge in [0.15, 0.2) is 5.67 Å². The molecule has 0 spiro atoms. The second kappa shape index (κ2) is 10.0. The minimum atomic E-state index is -1.69. The van der Waals surface area contributed by atoms with Gasteiger partial charge in [-0.15, -0.1) is 0 Å². The van der Waals surface area contributed by atoms with E-state index in [0.29, 0.717) is 30.4 Å². The first-order valence-electron chi connectivity index (χ1n) is 14.1. The summed E-state index contributed by atoms with van der Waals surface area (Å²) in [7, 11) is 0. The fourth-order valence-corrected chi connectivity index (χ4v) is 6.00. The van der Waals surface area contributed by atoms with E-state index in [1.165, 1.54) is 57.4 Å². The summed E-state index contributed by atoms with van der Waals surface area (Å²) < 4.78 is 14.3. The lowest BCUT2D eigenvalue weighted by Gasteiger charge is -2.22. The van der Waals surface area contributed by atoms with Crippen molar-refractivity contribution in [2.24, 2.45) is 0 Å². The van der Waals surface area contributed by atoms with E-state index >= 15 is 0 Å². The number of anilines is 1. The molecule has 0 bridgehead atoms. The summed E-state index contributed by atoms with van der Waals surface area (Å²) >= 11 is 6.49. The van der Waals surface area contributed by atoms with Gasteiger partial charge in [-0.3, -0.25) is 4.79 Å². The number of carbonyl (C=O) groups is 1. The molecule has 6 rings (SSSR count). The van der Waals surface area contributed by atoms with E-state index in [2.05, 4.69) is 67.7 Å².